The van der Waals surface area contributed by atoms with Crippen molar-refractivity contribution in [1.82, 2.24) is 19.4 Å². The summed E-state index contributed by atoms with van der Waals surface area (Å²) in [6.45, 7) is 6.21. The van der Waals surface area contributed by atoms with Crippen molar-refractivity contribution < 1.29 is 4.79 Å². The summed E-state index contributed by atoms with van der Waals surface area (Å²) in [6, 6.07) is 3.61. The van der Waals surface area contributed by atoms with Crippen LogP contribution in [0, 0.1) is 6.92 Å². The van der Waals surface area contributed by atoms with Crippen LogP contribution < -0.4 is 5.56 Å². The lowest BCUT2D eigenvalue weighted by atomic mass is 9.93. The Morgan fingerprint density at radius 3 is 2.62 bits per heavy atom. The van der Waals surface area contributed by atoms with Crippen LogP contribution >= 0.6 is 0 Å². The molecular formula is C18H24N4O2. The molecule has 24 heavy (non-hydrogen) atoms. The van der Waals surface area contributed by atoms with Gasteiger partial charge in [0.25, 0.3) is 5.56 Å². The fourth-order valence-corrected chi connectivity index (χ4v) is 3.39. The van der Waals surface area contributed by atoms with Crippen molar-refractivity contribution in [3.63, 3.8) is 0 Å². The third kappa shape index (κ3) is 3.64. The Balaban J connectivity index is 1.63. The molecule has 2 aromatic rings. The molecule has 0 aromatic carbocycles. The molecule has 3 heterocycles. The maximum atomic E-state index is 11.6. The van der Waals surface area contributed by atoms with Crippen LogP contribution in [0.2, 0.25) is 0 Å². The Bertz CT molecular complexity index is 798. The van der Waals surface area contributed by atoms with E-state index in [1.165, 1.54) is 0 Å². The van der Waals surface area contributed by atoms with Crippen molar-refractivity contribution in [3.05, 3.63) is 51.5 Å². The minimum absolute atomic E-state index is 0.0690. The molecule has 6 heteroatoms. The summed E-state index contributed by atoms with van der Waals surface area (Å²) in [5.74, 6) is 1.13. The summed E-state index contributed by atoms with van der Waals surface area (Å²) in [6.07, 6.45) is 3.90. The highest BCUT2D eigenvalue weighted by atomic mass is 16.1. The number of aryl methyl sites for hydroxylation is 2. The molecular weight excluding hydrogens is 304 g/mol. The molecule has 0 unspecified atom stereocenters. The molecule has 0 amide bonds. The predicted molar refractivity (Wildman–Crippen MR) is 92.3 cm³/mol. The second-order valence-corrected chi connectivity index (χ2v) is 6.69. The van der Waals surface area contributed by atoms with Gasteiger partial charge in [-0.2, -0.15) is 0 Å². The van der Waals surface area contributed by atoms with Gasteiger partial charge in [0.05, 0.1) is 5.69 Å². The zero-order valence-corrected chi connectivity index (χ0v) is 14.5. The number of hydrogen-bond acceptors (Lipinski definition) is 4. The number of carbonyl (C=O) groups is 1. The first-order chi connectivity index (χ1) is 11.4. The van der Waals surface area contributed by atoms with Gasteiger partial charge >= 0.3 is 0 Å². The first kappa shape index (κ1) is 16.6. The Morgan fingerprint density at radius 1 is 1.33 bits per heavy atom. The quantitative estimate of drug-likeness (QED) is 0.872. The number of aromatic amines is 1. The summed E-state index contributed by atoms with van der Waals surface area (Å²) < 4.78 is 2.03. The Hall–Kier alpha value is -2.21. The van der Waals surface area contributed by atoms with Gasteiger partial charge in [-0.15, -0.1) is 0 Å². The maximum absolute atomic E-state index is 11.6. The monoisotopic (exact) mass is 328 g/mol. The van der Waals surface area contributed by atoms with Gasteiger partial charge in [-0.3, -0.25) is 14.5 Å². The molecule has 0 radical (unpaired) electrons. The van der Waals surface area contributed by atoms with Crippen LogP contribution in [0.1, 0.15) is 53.3 Å². The van der Waals surface area contributed by atoms with Crippen LogP contribution in [-0.4, -0.2) is 38.3 Å². The molecule has 0 atom stereocenters. The SMILES string of the molecule is CC(=O)c1cc(CN2CCC(c3cc(=O)[nH]c(C)n3)CC2)n(C)c1. The molecule has 6 nitrogen and oxygen atoms in total. The fourth-order valence-electron chi connectivity index (χ4n) is 3.39. The molecule has 0 aliphatic carbocycles. The number of aromatic nitrogens is 3. The van der Waals surface area contributed by atoms with Gasteiger partial charge in [-0.05, 0) is 45.8 Å². The smallest absolute Gasteiger partial charge is 0.251 e. The van der Waals surface area contributed by atoms with Crippen LogP contribution in [-0.2, 0) is 13.6 Å². The van der Waals surface area contributed by atoms with Crippen molar-refractivity contribution in [3.8, 4) is 0 Å². The molecule has 128 valence electrons. The standard InChI is InChI=1S/C18H24N4O2/c1-12(23)15-8-16(21(3)10-15)11-22-6-4-14(5-7-22)17-9-18(24)20-13(2)19-17/h8-10,14H,4-7,11H2,1-3H3,(H,19,20,24). The van der Waals surface area contributed by atoms with Crippen LogP contribution in [0.15, 0.2) is 23.1 Å². The van der Waals surface area contributed by atoms with Gasteiger partial charge < -0.3 is 9.55 Å². The number of hydrogen-bond donors (Lipinski definition) is 1. The third-order valence-corrected chi connectivity index (χ3v) is 4.79. The minimum Gasteiger partial charge on any atom is -0.353 e. The first-order valence-electron chi connectivity index (χ1n) is 8.39. The van der Waals surface area contributed by atoms with E-state index in [1.807, 2.05) is 30.8 Å². The topological polar surface area (TPSA) is 71.0 Å². The second-order valence-electron chi connectivity index (χ2n) is 6.69. The Labute approximate surface area is 141 Å². The molecule has 3 rings (SSSR count). The molecule has 0 saturated carbocycles. The van der Waals surface area contributed by atoms with Gasteiger partial charge in [-0.1, -0.05) is 0 Å². The number of likely N-dealkylation sites (tertiary alicyclic amines) is 1. The molecule has 1 saturated heterocycles. The van der Waals surface area contributed by atoms with E-state index in [2.05, 4.69) is 14.9 Å². The van der Waals surface area contributed by atoms with Crippen molar-refractivity contribution in [2.24, 2.45) is 7.05 Å². The van der Waals surface area contributed by atoms with Crippen LogP contribution in [0.4, 0.5) is 0 Å². The number of piperidine rings is 1. The fraction of sp³-hybridized carbons (Fsp3) is 0.500. The van der Waals surface area contributed by atoms with Crippen molar-refractivity contribution >= 4 is 5.78 Å². The lowest BCUT2D eigenvalue weighted by Gasteiger charge is -2.31. The van der Waals surface area contributed by atoms with Gasteiger partial charge in [0.15, 0.2) is 5.78 Å². The van der Waals surface area contributed by atoms with Gasteiger partial charge in [-0.25, -0.2) is 4.98 Å². The molecule has 0 bridgehead atoms. The number of Topliss-reactive ketones (excluding diaryl/α,β-unsaturated/α-hetero) is 1. The van der Waals surface area contributed by atoms with E-state index in [-0.39, 0.29) is 11.3 Å². The Morgan fingerprint density at radius 2 is 2.04 bits per heavy atom. The van der Waals surface area contributed by atoms with Crippen molar-refractivity contribution in [2.45, 2.75) is 39.2 Å². The van der Waals surface area contributed by atoms with Gasteiger partial charge in [0, 0.05) is 43.0 Å². The summed E-state index contributed by atoms with van der Waals surface area (Å²) in [5, 5.41) is 0. The maximum Gasteiger partial charge on any atom is 0.251 e. The molecule has 1 aliphatic heterocycles. The molecule has 2 aromatic heterocycles. The average molecular weight is 328 g/mol. The van der Waals surface area contributed by atoms with Crippen molar-refractivity contribution in [2.75, 3.05) is 13.1 Å². The van der Waals surface area contributed by atoms with E-state index >= 15 is 0 Å². The molecule has 1 aliphatic rings. The van der Waals surface area contributed by atoms with Crippen LogP contribution in [0.3, 0.4) is 0 Å². The summed E-state index contributed by atoms with van der Waals surface area (Å²) >= 11 is 0. The summed E-state index contributed by atoms with van der Waals surface area (Å²) in [4.78, 5) is 32.7. The van der Waals surface area contributed by atoms with E-state index < -0.39 is 0 Å². The normalized spacial score (nSPS) is 16.5. The van der Waals surface area contributed by atoms with E-state index in [9.17, 15) is 9.59 Å². The van der Waals surface area contributed by atoms with Crippen LogP contribution in [0.25, 0.3) is 0 Å². The third-order valence-electron chi connectivity index (χ3n) is 4.79. The van der Waals surface area contributed by atoms with E-state index in [1.54, 1.807) is 13.0 Å². The number of carbonyl (C=O) groups excluding carboxylic acids is 1. The average Bonchev–Trinajstić information content (AvgIpc) is 2.88. The first-order valence-corrected chi connectivity index (χ1v) is 8.39. The van der Waals surface area contributed by atoms with E-state index in [0.29, 0.717) is 11.7 Å². The van der Waals surface area contributed by atoms with Crippen LogP contribution in [0.5, 0.6) is 0 Å². The minimum atomic E-state index is -0.0690. The highest BCUT2D eigenvalue weighted by Gasteiger charge is 2.23. The highest BCUT2D eigenvalue weighted by molar-refractivity contribution is 5.94. The number of nitrogens with zero attached hydrogens (tertiary/aromatic N) is 3. The molecule has 1 fully saturated rings. The summed E-state index contributed by atoms with van der Waals surface area (Å²) in [5.41, 5.74) is 2.77. The zero-order valence-electron chi connectivity index (χ0n) is 14.5. The number of rotatable bonds is 4. The summed E-state index contributed by atoms with van der Waals surface area (Å²) in [7, 11) is 1.98. The lowest BCUT2D eigenvalue weighted by Crippen LogP contribution is -2.33. The number of nitrogens with one attached hydrogen (secondary N) is 1. The zero-order chi connectivity index (χ0) is 17.3. The second kappa shape index (κ2) is 6.73. The number of ketones is 1. The van der Waals surface area contributed by atoms with Gasteiger partial charge in [0.2, 0.25) is 0 Å². The van der Waals surface area contributed by atoms with E-state index in [0.717, 1.165) is 49.4 Å². The molecule has 0 spiro atoms. The molecule has 1 N–H and O–H groups in total. The lowest BCUT2D eigenvalue weighted by molar-refractivity contribution is 0.101. The van der Waals surface area contributed by atoms with Gasteiger partial charge in [0.1, 0.15) is 5.82 Å². The van der Waals surface area contributed by atoms with Crippen molar-refractivity contribution in [1.29, 1.82) is 0 Å². The number of H-pyrrole nitrogens is 1. The Kier molecular flexibility index (Phi) is 4.66. The highest BCUT2D eigenvalue weighted by Crippen LogP contribution is 2.27. The predicted octanol–water partition coefficient (Wildman–Crippen LogP) is 2.00. The van der Waals surface area contributed by atoms with E-state index in [4.69, 9.17) is 0 Å². The largest absolute Gasteiger partial charge is 0.353 e.